The third-order valence-electron chi connectivity index (χ3n) is 6.06. The van der Waals surface area contributed by atoms with E-state index in [4.69, 9.17) is 5.11 Å². The van der Waals surface area contributed by atoms with Crippen molar-refractivity contribution in [1.82, 2.24) is 0 Å². The Labute approximate surface area is 169 Å². The molecular formula is C24H36O4. The van der Waals surface area contributed by atoms with Gasteiger partial charge in [0.2, 0.25) is 0 Å². The average molecular weight is 389 g/mol. The van der Waals surface area contributed by atoms with Crippen LogP contribution in [0.3, 0.4) is 0 Å². The molecule has 1 aromatic carbocycles. The van der Waals surface area contributed by atoms with Crippen molar-refractivity contribution in [1.29, 1.82) is 0 Å². The number of carboxylic acid groups (broad SMARTS) is 1. The smallest absolute Gasteiger partial charge is 0.303 e. The van der Waals surface area contributed by atoms with Crippen LogP contribution < -0.4 is 0 Å². The highest BCUT2D eigenvalue weighted by Crippen LogP contribution is 2.40. The van der Waals surface area contributed by atoms with Crippen LogP contribution in [-0.2, 0) is 9.59 Å². The first-order valence-corrected chi connectivity index (χ1v) is 11.0. The molecule has 1 aromatic rings. The van der Waals surface area contributed by atoms with Crippen molar-refractivity contribution in [3.8, 4) is 0 Å². The fourth-order valence-electron chi connectivity index (χ4n) is 4.40. The van der Waals surface area contributed by atoms with E-state index in [9.17, 15) is 14.7 Å². The van der Waals surface area contributed by atoms with E-state index >= 15 is 0 Å². The van der Waals surface area contributed by atoms with Crippen LogP contribution in [0.15, 0.2) is 24.3 Å². The summed E-state index contributed by atoms with van der Waals surface area (Å²) < 4.78 is 0. The largest absolute Gasteiger partial charge is 0.481 e. The fourth-order valence-corrected chi connectivity index (χ4v) is 4.40. The lowest BCUT2D eigenvalue weighted by atomic mass is 9.84. The predicted molar refractivity (Wildman–Crippen MR) is 111 cm³/mol. The Morgan fingerprint density at radius 2 is 1.79 bits per heavy atom. The van der Waals surface area contributed by atoms with E-state index in [1.54, 1.807) is 0 Å². The maximum atomic E-state index is 12.5. The molecule has 2 N–H and O–H groups in total. The van der Waals surface area contributed by atoms with E-state index in [-0.39, 0.29) is 12.3 Å². The minimum atomic E-state index is -0.722. The molecule has 2 rings (SSSR count). The van der Waals surface area contributed by atoms with Gasteiger partial charge in [0.25, 0.3) is 0 Å². The van der Waals surface area contributed by atoms with Gasteiger partial charge in [-0.25, -0.2) is 0 Å². The van der Waals surface area contributed by atoms with E-state index < -0.39 is 12.1 Å². The summed E-state index contributed by atoms with van der Waals surface area (Å²) >= 11 is 0. The molecule has 3 atom stereocenters. The molecule has 1 unspecified atom stereocenters. The highest BCUT2D eigenvalue weighted by Gasteiger charge is 2.35. The predicted octanol–water partition coefficient (Wildman–Crippen LogP) is 5.79. The van der Waals surface area contributed by atoms with E-state index in [0.29, 0.717) is 18.1 Å². The fraction of sp³-hybridized carbons (Fsp3) is 0.667. The van der Waals surface area contributed by atoms with Crippen LogP contribution in [0, 0.1) is 5.92 Å². The molecule has 0 saturated heterocycles. The zero-order valence-corrected chi connectivity index (χ0v) is 17.2. The van der Waals surface area contributed by atoms with Gasteiger partial charge in [0, 0.05) is 18.8 Å². The number of aliphatic hydroxyl groups is 1. The van der Waals surface area contributed by atoms with Crippen molar-refractivity contribution in [2.75, 3.05) is 0 Å². The first-order valence-electron chi connectivity index (χ1n) is 11.0. The number of hydrogen-bond donors (Lipinski definition) is 2. The second-order valence-electron chi connectivity index (χ2n) is 8.27. The van der Waals surface area contributed by atoms with E-state index in [2.05, 4.69) is 6.92 Å². The van der Waals surface area contributed by atoms with Gasteiger partial charge < -0.3 is 10.2 Å². The van der Waals surface area contributed by atoms with Crippen molar-refractivity contribution >= 4 is 11.8 Å². The molecule has 0 spiro atoms. The van der Waals surface area contributed by atoms with E-state index in [1.165, 1.54) is 0 Å². The second kappa shape index (κ2) is 12.0. The van der Waals surface area contributed by atoms with Crippen LogP contribution in [0.25, 0.3) is 0 Å². The molecule has 1 aliphatic carbocycles. The van der Waals surface area contributed by atoms with E-state index in [0.717, 1.165) is 75.3 Å². The summed E-state index contributed by atoms with van der Waals surface area (Å²) in [6, 6.07) is 8.04. The first kappa shape index (κ1) is 22.6. The number of aliphatic hydroxyl groups excluding tert-OH is 1. The van der Waals surface area contributed by atoms with Crippen LogP contribution in [0.5, 0.6) is 0 Å². The Hall–Kier alpha value is -1.68. The van der Waals surface area contributed by atoms with Gasteiger partial charge in [0.1, 0.15) is 5.78 Å². The Morgan fingerprint density at radius 1 is 1.07 bits per heavy atom. The molecule has 4 heteroatoms. The summed E-state index contributed by atoms with van der Waals surface area (Å²) in [5.74, 6) is 0.00473. The average Bonchev–Trinajstić information content (AvgIpc) is 3.05. The third-order valence-corrected chi connectivity index (χ3v) is 6.06. The zero-order valence-electron chi connectivity index (χ0n) is 17.2. The summed E-state index contributed by atoms with van der Waals surface area (Å²) in [6.45, 7) is 2.16. The normalized spacial score (nSPS) is 20.4. The SMILES string of the molecule is CCCCCC(O)c1ccc([C@@H]2C(=O)CC[C@H]2CCCCCCC(=O)O)cc1. The van der Waals surface area contributed by atoms with Gasteiger partial charge in [-0.3, -0.25) is 9.59 Å². The molecule has 28 heavy (non-hydrogen) atoms. The maximum Gasteiger partial charge on any atom is 0.303 e. The summed E-state index contributed by atoms with van der Waals surface area (Å²) in [6.07, 6.45) is 10.4. The number of ketones is 1. The Kier molecular flexibility index (Phi) is 9.69. The van der Waals surface area contributed by atoms with Crippen LogP contribution in [0.2, 0.25) is 0 Å². The minimum absolute atomic E-state index is 0.00898. The molecule has 0 aliphatic heterocycles. The number of carboxylic acids is 1. The second-order valence-corrected chi connectivity index (χ2v) is 8.27. The molecule has 156 valence electrons. The highest BCUT2D eigenvalue weighted by molar-refractivity contribution is 5.88. The lowest BCUT2D eigenvalue weighted by Gasteiger charge is -2.20. The molecule has 0 heterocycles. The number of rotatable bonds is 13. The van der Waals surface area contributed by atoms with Gasteiger partial charge in [-0.05, 0) is 42.7 Å². The van der Waals surface area contributed by atoms with Gasteiger partial charge in [-0.1, -0.05) is 69.7 Å². The number of unbranched alkanes of at least 4 members (excludes halogenated alkanes) is 5. The van der Waals surface area contributed by atoms with Gasteiger partial charge in [0.05, 0.1) is 6.10 Å². The molecule has 4 nitrogen and oxygen atoms in total. The number of benzene rings is 1. The minimum Gasteiger partial charge on any atom is -0.481 e. The highest BCUT2D eigenvalue weighted by atomic mass is 16.4. The monoisotopic (exact) mass is 388 g/mol. The lowest BCUT2D eigenvalue weighted by molar-refractivity contribution is -0.137. The molecule has 1 fully saturated rings. The number of Topliss-reactive ketones (excluding diaryl/α,β-unsaturated/α-hetero) is 1. The summed E-state index contributed by atoms with van der Waals surface area (Å²) in [5.41, 5.74) is 2.03. The Morgan fingerprint density at radius 3 is 2.46 bits per heavy atom. The topological polar surface area (TPSA) is 74.6 Å². The van der Waals surface area contributed by atoms with Crippen molar-refractivity contribution in [2.24, 2.45) is 5.92 Å². The standard InChI is InChI=1S/C24H36O4/c1-2-3-6-10-21(25)18-12-14-20(15-13-18)24-19(16-17-22(24)26)9-7-4-5-8-11-23(27)28/h12-15,19,21,24-25H,2-11,16-17H2,1H3,(H,27,28)/t19-,21?,24-/m1/s1. The number of carbonyl (C=O) groups is 2. The van der Waals surface area contributed by atoms with Crippen molar-refractivity contribution in [3.05, 3.63) is 35.4 Å². The summed E-state index contributed by atoms with van der Waals surface area (Å²) in [4.78, 5) is 23.0. The molecule has 0 amide bonds. The molecular weight excluding hydrogens is 352 g/mol. The molecule has 0 bridgehead atoms. The molecule has 0 radical (unpaired) electrons. The van der Waals surface area contributed by atoms with Crippen LogP contribution in [-0.4, -0.2) is 22.0 Å². The maximum absolute atomic E-state index is 12.5. The Bertz CT molecular complexity index is 608. The van der Waals surface area contributed by atoms with Crippen molar-refractivity contribution in [2.45, 2.75) is 96.0 Å². The zero-order chi connectivity index (χ0) is 20.4. The van der Waals surface area contributed by atoms with Gasteiger partial charge in [0.15, 0.2) is 0 Å². The van der Waals surface area contributed by atoms with Gasteiger partial charge in [-0.15, -0.1) is 0 Å². The molecule has 0 aromatic heterocycles. The van der Waals surface area contributed by atoms with E-state index in [1.807, 2.05) is 24.3 Å². The van der Waals surface area contributed by atoms with Gasteiger partial charge >= 0.3 is 5.97 Å². The first-order chi connectivity index (χ1) is 13.5. The number of carbonyl (C=O) groups excluding carboxylic acids is 1. The summed E-state index contributed by atoms with van der Waals surface area (Å²) in [7, 11) is 0. The number of aliphatic carboxylic acids is 1. The third kappa shape index (κ3) is 7.05. The lowest BCUT2D eigenvalue weighted by Crippen LogP contribution is -2.13. The van der Waals surface area contributed by atoms with Gasteiger partial charge in [-0.2, -0.15) is 0 Å². The molecule has 1 aliphatic rings. The quantitative estimate of drug-likeness (QED) is 0.420. The van der Waals surface area contributed by atoms with Crippen LogP contribution in [0.4, 0.5) is 0 Å². The van der Waals surface area contributed by atoms with Crippen molar-refractivity contribution < 1.29 is 19.8 Å². The summed E-state index contributed by atoms with van der Waals surface area (Å²) in [5, 5.41) is 19.0. The molecule has 1 saturated carbocycles. The number of hydrogen-bond acceptors (Lipinski definition) is 3. The Balaban J connectivity index is 1.85. The van der Waals surface area contributed by atoms with Crippen LogP contribution >= 0.6 is 0 Å². The van der Waals surface area contributed by atoms with Crippen LogP contribution in [0.1, 0.15) is 107 Å². The van der Waals surface area contributed by atoms with Crippen molar-refractivity contribution in [3.63, 3.8) is 0 Å².